The van der Waals surface area contributed by atoms with E-state index in [0.717, 1.165) is 11.3 Å². The monoisotopic (exact) mass is 368 g/mol. The van der Waals surface area contributed by atoms with E-state index in [4.69, 9.17) is 9.47 Å². The van der Waals surface area contributed by atoms with Crippen molar-refractivity contribution in [3.8, 4) is 5.75 Å². The fraction of sp³-hybridized carbons (Fsp3) is 0.333. The lowest BCUT2D eigenvalue weighted by Crippen LogP contribution is -2.35. The molecule has 1 aliphatic rings. The molecule has 27 heavy (non-hydrogen) atoms. The Labute approximate surface area is 159 Å². The van der Waals surface area contributed by atoms with Gasteiger partial charge in [0.15, 0.2) is 0 Å². The first-order chi connectivity index (χ1) is 13.1. The van der Waals surface area contributed by atoms with Crippen LogP contribution in [0.4, 0.5) is 5.69 Å². The quantitative estimate of drug-likeness (QED) is 0.816. The zero-order valence-corrected chi connectivity index (χ0v) is 15.6. The van der Waals surface area contributed by atoms with Crippen LogP contribution in [0, 0.1) is 5.92 Å². The molecule has 1 saturated heterocycles. The van der Waals surface area contributed by atoms with Gasteiger partial charge in [-0.05, 0) is 18.2 Å². The number of ether oxygens (including phenoxy) is 2. The zero-order valence-electron chi connectivity index (χ0n) is 15.6. The summed E-state index contributed by atoms with van der Waals surface area (Å²) in [6, 6.07) is 17.0. The highest BCUT2D eigenvalue weighted by Crippen LogP contribution is 2.27. The average molecular weight is 368 g/mol. The molecule has 2 aromatic carbocycles. The van der Waals surface area contributed by atoms with E-state index in [1.807, 2.05) is 54.6 Å². The number of benzene rings is 2. The number of hydrogen-bond acceptors (Lipinski definition) is 4. The first-order valence-electron chi connectivity index (χ1n) is 8.93. The summed E-state index contributed by atoms with van der Waals surface area (Å²) in [6.45, 7) is 0.701. The van der Waals surface area contributed by atoms with E-state index >= 15 is 0 Å². The number of nitrogens with zero attached hydrogens (tertiary/aromatic N) is 1. The third-order valence-corrected chi connectivity index (χ3v) is 4.80. The minimum atomic E-state index is -0.368. The fourth-order valence-corrected chi connectivity index (χ4v) is 3.33. The van der Waals surface area contributed by atoms with Crippen molar-refractivity contribution in [1.82, 2.24) is 5.32 Å². The van der Waals surface area contributed by atoms with Gasteiger partial charge >= 0.3 is 0 Å². The van der Waals surface area contributed by atoms with Gasteiger partial charge < -0.3 is 19.7 Å². The van der Waals surface area contributed by atoms with Gasteiger partial charge in [0.25, 0.3) is 0 Å². The summed E-state index contributed by atoms with van der Waals surface area (Å²) in [5.74, 6) is 0.172. The molecule has 0 unspecified atom stereocenters. The second-order valence-electron chi connectivity index (χ2n) is 6.45. The molecule has 2 atom stereocenters. The van der Waals surface area contributed by atoms with Crippen LogP contribution >= 0.6 is 0 Å². The third-order valence-electron chi connectivity index (χ3n) is 4.80. The van der Waals surface area contributed by atoms with Gasteiger partial charge in [-0.1, -0.05) is 36.4 Å². The number of carbonyl (C=O) groups excluding carboxylic acids is 2. The highest BCUT2D eigenvalue weighted by Gasteiger charge is 2.35. The van der Waals surface area contributed by atoms with Crippen LogP contribution in [-0.4, -0.2) is 39.1 Å². The molecule has 0 aliphatic carbocycles. The van der Waals surface area contributed by atoms with Crippen LogP contribution in [0.3, 0.4) is 0 Å². The van der Waals surface area contributed by atoms with Crippen LogP contribution in [0.1, 0.15) is 18.1 Å². The maximum atomic E-state index is 12.6. The van der Waals surface area contributed by atoms with E-state index in [-0.39, 0.29) is 30.3 Å². The molecule has 1 fully saturated rings. The predicted molar refractivity (Wildman–Crippen MR) is 103 cm³/mol. The molecule has 6 heteroatoms. The Morgan fingerprint density at radius 2 is 1.85 bits per heavy atom. The summed E-state index contributed by atoms with van der Waals surface area (Å²) in [4.78, 5) is 26.6. The van der Waals surface area contributed by atoms with E-state index in [2.05, 4.69) is 5.32 Å². The maximum Gasteiger partial charge on any atom is 0.227 e. The molecular formula is C21H24N2O4. The molecule has 2 aromatic rings. The van der Waals surface area contributed by atoms with Crippen molar-refractivity contribution >= 4 is 17.5 Å². The first kappa shape index (κ1) is 18.9. The van der Waals surface area contributed by atoms with Crippen LogP contribution in [-0.2, 0) is 14.3 Å². The highest BCUT2D eigenvalue weighted by atomic mass is 16.5. The summed E-state index contributed by atoms with van der Waals surface area (Å²) < 4.78 is 10.9. The van der Waals surface area contributed by atoms with Gasteiger partial charge in [0.05, 0.1) is 13.0 Å². The van der Waals surface area contributed by atoms with Crippen LogP contribution in [0.2, 0.25) is 0 Å². The van der Waals surface area contributed by atoms with Gasteiger partial charge in [-0.3, -0.25) is 9.59 Å². The van der Waals surface area contributed by atoms with Gasteiger partial charge in [0, 0.05) is 37.9 Å². The van der Waals surface area contributed by atoms with Crippen LogP contribution in [0.25, 0.3) is 0 Å². The molecule has 0 spiro atoms. The number of rotatable bonds is 7. The predicted octanol–water partition coefficient (Wildman–Crippen LogP) is 2.55. The topological polar surface area (TPSA) is 67.9 Å². The molecule has 0 radical (unpaired) electrons. The molecule has 1 heterocycles. The van der Waals surface area contributed by atoms with Gasteiger partial charge in [-0.25, -0.2) is 0 Å². The molecule has 1 N–H and O–H groups in total. The van der Waals surface area contributed by atoms with E-state index in [9.17, 15) is 9.59 Å². The van der Waals surface area contributed by atoms with E-state index < -0.39 is 0 Å². The lowest BCUT2D eigenvalue weighted by atomic mass is 10.1. The Morgan fingerprint density at radius 3 is 2.56 bits per heavy atom. The Bertz CT molecular complexity index is 794. The highest BCUT2D eigenvalue weighted by molar-refractivity contribution is 6.00. The summed E-state index contributed by atoms with van der Waals surface area (Å²) in [5, 5.41) is 2.92. The molecule has 1 aliphatic heterocycles. The van der Waals surface area contributed by atoms with Gasteiger partial charge in [-0.15, -0.1) is 0 Å². The number of methoxy groups -OCH3 is 2. The summed E-state index contributed by atoms with van der Waals surface area (Å²) in [7, 11) is 3.20. The number of hydrogen-bond donors (Lipinski definition) is 1. The lowest BCUT2D eigenvalue weighted by Gasteiger charge is -2.20. The Kier molecular flexibility index (Phi) is 6.08. The number of anilines is 1. The molecule has 3 rings (SSSR count). The third kappa shape index (κ3) is 4.28. The summed E-state index contributed by atoms with van der Waals surface area (Å²) in [5.41, 5.74) is 1.69. The second kappa shape index (κ2) is 8.68. The number of nitrogens with one attached hydrogen (secondary N) is 1. The van der Waals surface area contributed by atoms with Crippen molar-refractivity contribution in [3.05, 3.63) is 60.2 Å². The van der Waals surface area contributed by atoms with Gasteiger partial charge in [0.1, 0.15) is 11.9 Å². The molecule has 142 valence electrons. The first-order valence-corrected chi connectivity index (χ1v) is 8.93. The zero-order chi connectivity index (χ0) is 19.2. The van der Waals surface area contributed by atoms with Gasteiger partial charge in [0.2, 0.25) is 11.8 Å². The second-order valence-corrected chi connectivity index (χ2v) is 6.45. The molecule has 0 aromatic heterocycles. The minimum absolute atomic E-state index is 0.0330. The number of para-hydroxylation sites is 2. The minimum Gasteiger partial charge on any atom is -0.496 e. The Morgan fingerprint density at radius 1 is 1.15 bits per heavy atom. The average Bonchev–Trinajstić information content (AvgIpc) is 3.11. The van der Waals surface area contributed by atoms with Crippen molar-refractivity contribution in [2.75, 3.05) is 32.2 Å². The van der Waals surface area contributed by atoms with E-state index in [1.165, 1.54) is 0 Å². The van der Waals surface area contributed by atoms with E-state index in [0.29, 0.717) is 18.8 Å². The SMILES string of the molecule is COc1ccccc1[C@@H](CNC(=O)[C@@H]1CC(=O)N(c2ccccc2)C1)OC. The van der Waals surface area contributed by atoms with Crippen molar-refractivity contribution in [2.24, 2.45) is 5.92 Å². The maximum absolute atomic E-state index is 12.6. The number of carbonyl (C=O) groups is 2. The lowest BCUT2D eigenvalue weighted by molar-refractivity contribution is -0.126. The smallest absolute Gasteiger partial charge is 0.227 e. The summed E-state index contributed by atoms with van der Waals surface area (Å²) >= 11 is 0. The molecular weight excluding hydrogens is 344 g/mol. The van der Waals surface area contributed by atoms with Crippen molar-refractivity contribution in [1.29, 1.82) is 0 Å². The Balaban J connectivity index is 1.61. The van der Waals surface area contributed by atoms with Crippen molar-refractivity contribution in [3.63, 3.8) is 0 Å². The van der Waals surface area contributed by atoms with Crippen LogP contribution in [0.5, 0.6) is 5.75 Å². The van der Waals surface area contributed by atoms with Crippen molar-refractivity contribution < 1.29 is 19.1 Å². The largest absolute Gasteiger partial charge is 0.496 e. The molecule has 2 amide bonds. The van der Waals surface area contributed by atoms with E-state index in [1.54, 1.807) is 19.1 Å². The number of amides is 2. The normalized spacial score (nSPS) is 17.6. The summed E-state index contributed by atoms with van der Waals surface area (Å²) in [6.07, 6.45) is -0.111. The molecule has 0 bridgehead atoms. The molecule has 6 nitrogen and oxygen atoms in total. The Hall–Kier alpha value is -2.86. The van der Waals surface area contributed by atoms with Crippen molar-refractivity contribution in [2.45, 2.75) is 12.5 Å². The standard InChI is InChI=1S/C21H24N2O4/c1-26-18-11-7-6-10-17(18)19(27-2)13-22-21(25)15-12-20(24)23(14-15)16-8-4-3-5-9-16/h3-11,15,19H,12-14H2,1-2H3,(H,22,25)/t15-,19-/m1/s1. The van der Waals surface area contributed by atoms with Gasteiger partial charge in [-0.2, -0.15) is 0 Å². The van der Waals surface area contributed by atoms with Crippen LogP contribution < -0.4 is 15.0 Å². The fourth-order valence-electron chi connectivity index (χ4n) is 3.33. The van der Waals surface area contributed by atoms with Crippen LogP contribution in [0.15, 0.2) is 54.6 Å². The molecule has 0 saturated carbocycles.